The van der Waals surface area contributed by atoms with Crippen molar-refractivity contribution in [1.82, 2.24) is 14.5 Å². The number of carbonyl (C=O) groups is 3. The van der Waals surface area contributed by atoms with Gasteiger partial charge < -0.3 is 15.4 Å². The third-order valence-electron chi connectivity index (χ3n) is 5.71. The molecule has 1 aliphatic rings. The van der Waals surface area contributed by atoms with E-state index in [1.807, 2.05) is 0 Å². The van der Waals surface area contributed by atoms with Gasteiger partial charge in [-0.15, -0.1) is 0 Å². The molecule has 1 saturated heterocycles. The molecular formula is C23H26F2N4O6S. The molecule has 2 aromatic rings. The van der Waals surface area contributed by atoms with E-state index in [0.29, 0.717) is 18.7 Å². The quantitative estimate of drug-likeness (QED) is 0.461. The number of alkyl halides is 2. The summed E-state index contributed by atoms with van der Waals surface area (Å²) in [5, 5.41) is 5.05. The van der Waals surface area contributed by atoms with Crippen molar-refractivity contribution in [3.05, 3.63) is 54.1 Å². The summed E-state index contributed by atoms with van der Waals surface area (Å²) in [4.78, 5) is 38.8. The van der Waals surface area contributed by atoms with Gasteiger partial charge in [-0.1, -0.05) is 26.0 Å². The maximum Gasteiger partial charge on any atom is 0.387 e. The minimum atomic E-state index is -3.66. The van der Waals surface area contributed by atoms with E-state index in [-0.39, 0.29) is 16.3 Å². The minimum absolute atomic E-state index is 0.0685. The molecule has 10 nitrogen and oxygen atoms in total. The molecule has 0 saturated carbocycles. The molecular weight excluding hydrogens is 498 g/mol. The number of halogens is 2. The van der Waals surface area contributed by atoms with Gasteiger partial charge in [-0.05, 0) is 48.9 Å². The lowest BCUT2D eigenvalue weighted by Crippen LogP contribution is -2.42. The van der Waals surface area contributed by atoms with Gasteiger partial charge in [0.05, 0.1) is 4.90 Å². The Kier molecular flexibility index (Phi) is 7.94. The molecule has 36 heavy (non-hydrogen) atoms. The summed E-state index contributed by atoms with van der Waals surface area (Å²) in [5.41, 5.74) is -0.917. The summed E-state index contributed by atoms with van der Waals surface area (Å²) >= 11 is 0. The number of hydrogen-bond acceptors (Lipinski definition) is 6. The summed E-state index contributed by atoms with van der Waals surface area (Å²) in [6.45, 7) is 1.93. The predicted octanol–water partition coefficient (Wildman–Crippen LogP) is 2.72. The number of ether oxygens (including phenoxy) is 1. The van der Waals surface area contributed by atoms with Gasteiger partial charge in [0, 0.05) is 18.8 Å². The summed E-state index contributed by atoms with van der Waals surface area (Å²) in [6, 6.07) is 9.95. The van der Waals surface area contributed by atoms with Crippen molar-refractivity contribution in [2.24, 2.45) is 0 Å². The molecule has 0 bridgehead atoms. The molecule has 1 atom stereocenters. The Bertz CT molecular complexity index is 1230. The average molecular weight is 525 g/mol. The third kappa shape index (κ3) is 5.46. The van der Waals surface area contributed by atoms with Crippen LogP contribution in [0.5, 0.6) is 5.75 Å². The first-order valence-corrected chi connectivity index (χ1v) is 12.5. The first-order chi connectivity index (χ1) is 16.9. The summed E-state index contributed by atoms with van der Waals surface area (Å²) in [5.74, 6) is -1.49. The van der Waals surface area contributed by atoms with Crippen LogP contribution >= 0.6 is 0 Å². The van der Waals surface area contributed by atoms with Crippen LogP contribution in [-0.2, 0) is 25.2 Å². The van der Waals surface area contributed by atoms with Gasteiger partial charge >= 0.3 is 12.6 Å². The zero-order chi connectivity index (χ0) is 26.7. The van der Waals surface area contributed by atoms with Crippen LogP contribution in [0.3, 0.4) is 0 Å². The molecule has 0 aliphatic carbocycles. The van der Waals surface area contributed by atoms with Crippen LogP contribution in [0.1, 0.15) is 26.3 Å². The lowest BCUT2D eigenvalue weighted by molar-refractivity contribution is -0.133. The first-order valence-electron chi connectivity index (χ1n) is 11.0. The molecule has 1 fully saturated rings. The third-order valence-corrected chi connectivity index (χ3v) is 7.78. The molecule has 1 heterocycles. The second-order valence-corrected chi connectivity index (χ2v) is 9.95. The van der Waals surface area contributed by atoms with E-state index < -0.39 is 46.6 Å². The molecule has 0 spiro atoms. The molecule has 2 N–H and O–H groups in total. The lowest BCUT2D eigenvalue weighted by Gasteiger charge is -2.22. The molecule has 4 amide bonds. The molecule has 1 unspecified atom stereocenters. The summed E-state index contributed by atoms with van der Waals surface area (Å²) in [7, 11) is -3.66. The number of urea groups is 1. The second-order valence-electron chi connectivity index (χ2n) is 8.01. The van der Waals surface area contributed by atoms with Gasteiger partial charge in [-0.25, -0.2) is 13.2 Å². The van der Waals surface area contributed by atoms with Crippen molar-refractivity contribution in [3.63, 3.8) is 0 Å². The number of anilines is 1. The second kappa shape index (κ2) is 10.6. The molecule has 1 aliphatic heterocycles. The Hall–Kier alpha value is -3.58. The van der Waals surface area contributed by atoms with E-state index in [1.165, 1.54) is 59.8 Å². The fourth-order valence-corrected chi connectivity index (χ4v) is 5.23. The number of nitrogens with zero attached hydrogens (tertiary/aromatic N) is 2. The SMILES string of the molecule is CCN(CC)S(=O)(=O)c1ccc(NC(=O)CN2C(=O)NC(C)(c3ccc(OC(F)F)cc3)C2=O)cc1. The van der Waals surface area contributed by atoms with Crippen LogP contribution in [0.15, 0.2) is 53.4 Å². The first kappa shape index (κ1) is 27.0. The van der Waals surface area contributed by atoms with Crippen molar-refractivity contribution in [2.75, 3.05) is 25.0 Å². The van der Waals surface area contributed by atoms with Crippen molar-refractivity contribution < 1.29 is 36.3 Å². The maximum absolute atomic E-state index is 13.0. The minimum Gasteiger partial charge on any atom is -0.435 e. The Morgan fingerprint density at radius 3 is 2.19 bits per heavy atom. The van der Waals surface area contributed by atoms with Gasteiger partial charge in [-0.2, -0.15) is 13.1 Å². The smallest absolute Gasteiger partial charge is 0.387 e. The van der Waals surface area contributed by atoms with Crippen LogP contribution in [0.4, 0.5) is 19.3 Å². The Labute approximate surface area is 207 Å². The van der Waals surface area contributed by atoms with E-state index in [1.54, 1.807) is 13.8 Å². The number of benzene rings is 2. The highest BCUT2D eigenvalue weighted by Gasteiger charge is 2.49. The molecule has 13 heteroatoms. The zero-order valence-electron chi connectivity index (χ0n) is 19.8. The largest absolute Gasteiger partial charge is 0.435 e. The Balaban J connectivity index is 1.68. The van der Waals surface area contributed by atoms with Crippen molar-refractivity contribution >= 4 is 33.6 Å². The van der Waals surface area contributed by atoms with E-state index >= 15 is 0 Å². The van der Waals surface area contributed by atoms with Crippen LogP contribution in [-0.4, -0.2) is 61.7 Å². The monoisotopic (exact) mass is 524 g/mol. The van der Waals surface area contributed by atoms with E-state index in [0.717, 1.165) is 4.90 Å². The normalized spacial score (nSPS) is 18.0. The standard InChI is InChI=1S/C23H26F2N4O6S/c1-4-28(5-2)36(33,34)18-12-8-16(9-13-18)26-19(30)14-29-20(31)23(3,27-22(29)32)15-6-10-17(11-7-15)35-21(24)25/h6-13,21H,4-5,14H2,1-3H3,(H,26,30)(H,27,32). The molecule has 0 aromatic heterocycles. The van der Waals surface area contributed by atoms with Crippen molar-refractivity contribution in [1.29, 1.82) is 0 Å². The van der Waals surface area contributed by atoms with Gasteiger partial charge in [0.1, 0.15) is 17.8 Å². The van der Waals surface area contributed by atoms with E-state index in [2.05, 4.69) is 15.4 Å². The Morgan fingerprint density at radius 1 is 1.08 bits per heavy atom. The fraction of sp³-hybridized carbons (Fsp3) is 0.348. The van der Waals surface area contributed by atoms with Gasteiger partial charge in [0.15, 0.2) is 0 Å². The number of amides is 4. The molecule has 2 aromatic carbocycles. The Morgan fingerprint density at radius 2 is 1.67 bits per heavy atom. The van der Waals surface area contributed by atoms with Gasteiger partial charge in [0.25, 0.3) is 5.91 Å². The van der Waals surface area contributed by atoms with E-state index in [9.17, 15) is 31.6 Å². The summed E-state index contributed by atoms with van der Waals surface area (Å²) < 4.78 is 55.5. The molecule has 0 radical (unpaired) electrons. The van der Waals surface area contributed by atoms with Crippen molar-refractivity contribution in [2.45, 2.75) is 37.8 Å². The van der Waals surface area contributed by atoms with Crippen molar-refractivity contribution in [3.8, 4) is 5.75 Å². The maximum atomic E-state index is 13.0. The number of carbonyl (C=O) groups excluding carboxylic acids is 3. The highest BCUT2D eigenvalue weighted by atomic mass is 32.2. The highest BCUT2D eigenvalue weighted by Crippen LogP contribution is 2.30. The number of hydrogen-bond donors (Lipinski definition) is 2. The molecule has 3 rings (SSSR count). The average Bonchev–Trinajstić information content (AvgIpc) is 3.04. The number of sulfonamides is 1. The number of imide groups is 1. The highest BCUT2D eigenvalue weighted by molar-refractivity contribution is 7.89. The van der Waals surface area contributed by atoms with Crippen LogP contribution in [0.2, 0.25) is 0 Å². The number of rotatable bonds is 10. The summed E-state index contributed by atoms with van der Waals surface area (Å²) in [6.07, 6.45) is 0. The van der Waals surface area contributed by atoms with Crippen LogP contribution in [0, 0.1) is 0 Å². The number of nitrogens with one attached hydrogen (secondary N) is 2. The fourth-order valence-electron chi connectivity index (χ4n) is 3.77. The topological polar surface area (TPSA) is 125 Å². The molecule has 194 valence electrons. The predicted molar refractivity (Wildman–Crippen MR) is 126 cm³/mol. The van der Waals surface area contributed by atoms with Gasteiger partial charge in [-0.3, -0.25) is 14.5 Å². The van der Waals surface area contributed by atoms with E-state index in [4.69, 9.17) is 0 Å². The zero-order valence-corrected chi connectivity index (χ0v) is 20.6. The van der Waals surface area contributed by atoms with Gasteiger partial charge in [0.2, 0.25) is 15.9 Å². The van der Waals surface area contributed by atoms with Crippen LogP contribution < -0.4 is 15.4 Å². The lowest BCUT2D eigenvalue weighted by atomic mass is 9.92. The van der Waals surface area contributed by atoms with Crippen LogP contribution in [0.25, 0.3) is 0 Å².